The van der Waals surface area contributed by atoms with Crippen LogP contribution in [0, 0.1) is 0 Å². The van der Waals surface area contributed by atoms with Gasteiger partial charge in [-0.2, -0.15) is 0 Å². The van der Waals surface area contributed by atoms with Crippen molar-refractivity contribution in [1.82, 2.24) is 4.90 Å². The molecule has 0 aliphatic carbocycles. The molecule has 2 aliphatic heterocycles. The average Bonchev–Trinajstić information content (AvgIpc) is 3.39. The molecule has 2 heterocycles. The fourth-order valence-electron chi connectivity index (χ4n) is 5.03. The standard InChI is InChI=1S/C26H26N2O/c29-25-23-15-7-8-16-24(23)28(20-19-27-17-9-10-18-27)26(25,21-11-3-1-4-12-21)22-13-5-2-6-14-22/h1-8,11-16H,9-10,17-20H2. The number of ketones is 1. The summed E-state index contributed by atoms with van der Waals surface area (Å²) in [6.45, 7) is 4.12. The maximum atomic E-state index is 14.1. The topological polar surface area (TPSA) is 23.6 Å². The van der Waals surface area contributed by atoms with Gasteiger partial charge in [0.05, 0.1) is 0 Å². The Hall–Kier alpha value is -2.91. The molecule has 29 heavy (non-hydrogen) atoms. The first-order chi connectivity index (χ1) is 14.3. The molecular weight excluding hydrogens is 356 g/mol. The van der Waals surface area contributed by atoms with Gasteiger partial charge in [-0.25, -0.2) is 0 Å². The molecular formula is C26H26N2O. The monoisotopic (exact) mass is 382 g/mol. The van der Waals surface area contributed by atoms with Crippen molar-refractivity contribution < 1.29 is 4.79 Å². The highest BCUT2D eigenvalue weighted by molar-refractivity contribution is 6.16. The molecule has 0 bridgehead atoms. The summed E-state index contributed by atoms with van der Waals surface area (Å²) in [6.07, 6.45) is 2.55. The van der Waals surface area contributed by atoms with E-state index < -0.39 is 5.54 Å². The quantitative estimate of drug-likeness (QED) is 0.637. The number of hydrogen-bond acceptors (Lipinski definition) is 3. The van der Waals surface area contributed by atoms with Crippen molar-refractivity contribution in [2.75, 3.05) is 31.1 Å². The van der Waals surface area contributed by atoms with E-state index >= 15 is 0 Å². The summed E-state index contributed by atoms with van der Waals surface area (Å²) in [5.74, 6) is 0.173. The minimum absolute atomic E-state index is 0.173. The molecule has 0 atom stereocenters. The van der Waals surface area contributed by atoms with E-state index in [1.165, 1.54) is 12.8 Å². The van der Waals surface area contributed by atoms with Crippen LogP contribution in [0.3, 0.4) is 0 Å². The zero-order valence-corrected chi connectivity index (χ0v) is 16.6. The number of Topliss-reactive ketones (excluding diaryl/α,β-unsaturated/α-hetero) is 1. The molecule has 5 rings (SSSR count). The molecule has 0 N–H and O–H groups in total. The van der Waals surface area contributed by atoms with E-state index in [0.29, 0.717) is 0 Å². The molecule has 3 nitrogen and oxygen atoms in total. The lowest BCUT2D eigenvalue weighted by molar-refractivity contribution is 0.0924. The second kappa shape index (κ2) is 7.49. The lowest BCUT2D eigenvalue weighted by atomic mass is 9.78. The van der Waals surface area contributed by atoms with Crippen molar-refractivity contribution in [3.8, 4) is 0 Å². The van der Waals surface area contributed by atoms with Crippen LogP contribution in [-0.4, -0.2) is 36.9 Å². The van der Waals surface area contributed by atoms with E-state index in [9.17, 15) is 4.79 Å². The van der Waals surface area contributed by atoms with Crippen LogP contribution < -0.4 is 4.90 Å². The first-order valence-electron chi connectivity index (χ1n) is 10.6. The van der Waals surface area contributed by atoms with Gasteiger partial charge in [-0.3, -0.25) is 4.79 Å². The van der Waals surface area contributed by atoms with Gasteiger partial charge in [0.1, 0.15) is 0 Å². The van der Waals surface area contributed by atoms with Gasteiger partial charge in [0, 0.05) is 24.3 Å². The number of anilines is 1. The Kier molecular flexibility index (Phi) is 4.69. The molecule has 146 valence electrons. The smallest absolute Gasteiger partial charge is 0.199 e. The molecule has 0 aromatic heterocycles. The van der Waals surface area contributed by atoms with Crippen molar-refractivity contribution in [3.63, 3.8) is 0 Å². The summed E-state index contributed by atoms with van der Waals surface area (Å²) in [4.78, 5) is 18.9. The number of hydrogen-bond donors (Lipinski definition) is 0. The summed E-state index contributed by atoms with van der Waals surface area (Å²) in [5, 5.41) is 0. The summed E-state index contributed by atoms with van der Waals surface area (Å²) >= 11 is 0. The predicted octanol–water partition coefficient (Wildman–Crippen LogP) is 4.73. The first kappa shape index (κ1) is 18.1. The molecule has 1 saturated heterocycles. The highest BCUT2D eigenvalue weighted by atomic mass is 16.1. The predicted molar refractivity (Wildman–Crippen MR) is 117 cm³/mol. The molecule has 3 aromatic rings. The number of rotatable bonds is 5. The van der Waals surface area contributed by atoms with E-state index in [0.717, 1.165) is 48.6 Å². The minimum atomic E-state index is -0.814. The van der Waals surface area contributed by atoms with Crippen LogP contribution in [0.5, 0.6) is 0 Å². The Morgan fingerprint density at radius 3 is 1.86 bits per heavy atom. The molecule has 2 aliphatic rings. The third kappa shape index (κ3) is 2.89. The SMILES string of the molecule is O=C1c2ccccc2N(CCN2CCCC2)C1(c1ccccc1)c1ccccc1. The average molecular weight is 383 g/mol. The zero-order valence-electron chi connectivity index (χ0n) is 16.6. The summed E-state index contributed by atoms with van der Waals surface area (Å²) in [7, 11) is 0. The maximum Gasteiger partial charge on any atom is 0.199 e. The lowest BCUT2D eigenvalue weighted by Gasteiger charge is -2.40. The Morgan fingerprint density at radius 2 is 1.24 bits per heavy atom. The lowest BCUT2D eigenvalue weighted by Crippen LogP contribution is -2.51. The van der Waals surface area contributed by atoms with Crippen molar-refractivity contribution >= 4 is 11.5 Å². The first-order valence-corrected chi connectivity index (χ1v) is 10.6. The van der Waals surface area contributed by atoms with Crippen molar-refractivity contribution in [3.05, 3.63) is 102 Å². The van der Waals surface area contributed by atoms with Gasteiger partial charge in [0.15, 0.2) is 11.3 Å². The fourth-order valence-corrected chi connectivity index (χ4v) is 5.03. The van der Waals surface area contributed by atoms with E-state index in [4.69, 9.17) is 0 Å². The molecule has 0 unspecified atom stereocenters. The second-order valence-electron chi connectivity index (χ2n) is 7.99. The second-order valence-corrected chi connectivity index (χ2v) is 7.99. The van der Waals surface area contributed by atoms with Crippen molar-refractivity contribution in [1.29, 1.82) is 0 Å². The number of para-hydroxylation sites is 1. The normalized spacial score (nSPS) is 18.2. The van der Waals surface area contributed by atoms with E-state index in [2.05, 4.69) is 40.1 Å². The summed E-state index contributed by atoms with van der Waals surface area (Å²) in [5.41, 5.74) is 3.13. The Bertz CT molecular complexity index is 954. The molecule has 1 fully saturated rings. The van der Waals surface area contributed by atoms with Crippen LogP contribution >= 0.6 is 0 Å². The zero-order chi connectivity index (χ0) is 19.7. The van der Waals surface area contributed by atoms with Gasteiger partial charge in [-0.1, -0.05) is 72.8 Å². The number of fused-ring (bicyclic) bond motifs is 1. The molecule has 0 radical (unpaired) electrons. The van der Waals surface area contributed by atoms with Gasteiger partial charge in [-0.05, 0) is 49.2 Å². The minimum Gasteiger partial charge on any atom is -0.349 e. The van der Waals surface area contributed by atoms with Crippen molar-refractivity contribution in [2.24, 2.45) is 0 Å². The number of benzene rings is 3. The van der Waals surface area contributed by atoms with E-state index in [1.54, 1.807) is 0 Å². The Balaban J connectivity index is 1.69. The van der Waals surface area contributed by atoms with Gasteiger partial charge >= 0.3 is 0 Å². The summed E-state index contributed by atoms with van der Waals surface area (Å²) in [6, 6.07) is 28.7. The van der Waals surface area contributed by atoms with Gasteiger partial charge in [-0.15, -0.1) is 0 Å². The number of carbonyl (C=O) groups is 1. The van der Waals surface area contributed by atoms with E-state index in [1.807, 2.05) is 54.6 Å². The number of likely N-dealkylation sites (tertiary alicyclic amines) is 1. The van der Waals surface area contributed by atoms with Crippen LogP contribution in [0.1, 0.15) is 34.3 Å². The number of carbonyl (C=O) groups excluding carboxylic acids is 1. The van der Waals surface area contributed by atoms with Crippen LogP contribution in [0.25, 0.3) is 0 Å². The highest BCUT2D eigenvalue weighted by Gasteiger charge is 2.53. The number of nitrogens with zero attached hydrogens (tertiary/aromatic N) is 2. The van der Waals surface area contributed by atoms with Crippen LogP contribution in [0.4, 0.5) is 5.69 Å². The molecule has 3 heteroatoms. The molecule has 0 spiro atoms. The van der Waals surface area contributed by atoms with Gasteiger partial charge < -0.3 is 9.80 Å². The largest absolute Gasteiger partial charge is 0.349 e. The Morgan fingerprint density at radius 1 is 0.690 bits per heavy atom. The van der Waals surface area contributed by atoms with Crippen LogP contribution in [0.15, 0.2) is 84.9 Å². The van der Waals surface area contributed by atoms with Crippen LogP contribution in [-0.2, 0) is 5.54 Å². The molecule has 3 aromatic carbocycles. The Labute approximate surface area is 172 Å². The maximum absolute atomic E-state index is 14.1. The fraction of sp³-hybridized carbons (Fsp3) is 0.269. The van der Waals surface area contributed by atoms with Crippen LogP contribution in [0.2, 0.25) is 0 Å². The highest BCUT2D eigenvalue weighted by Crippen LogP contribution is 2.48. The van der Waals surface area contributed by atoms with E-state index in [-0.39, 0.29) is 5.78 Å². The summed E-state index contributed by atoms with van der Waals surface area (Å²) < 4.78 is 0. The molecule has 0 saturated carbocycles. The van der Waals surface area contributed by atoms with Gasteiger partial charge in [0.2, 0.25) is 0 Å². The van der Waals surface area contributed by atoms with Gasteiger partial charge in [0.25, 0.3) is 0 Å². The third-order valence-corrected chi connectivity index (χ3v) is 6.39. The van der Waals surface area contributed by atoms with Crippen molar-refractivity contribution in [2.45, 2.75) is 18.4 Å². The molecule has 0 amide bonds. The third-order valence-electron chi connectivity index (χ3n) is 6.39.